The van der Waals surface area contributed by atoms with Crippen LogP contribution >= 0.6 is 0 Å². The number of hydrogen-bond donors (Lipinski definition) is 0. The number of hydrogen-bond acceptors (Lipinski definition) is 2. The molecule has 0 spiro atoms. The molecule has 0 saturated heterocycles. The first-order chi connectivity index (χ1) is 6.99. The molecule has 0 aromatic carbocycles. The van der Waals surface area contributed by atoms with Crippen LogP contribution in [0.15, 0.2) is 25.3 Å². The minimum absolute atomic E-state index is 0.362. The molecule has 0 bridgehead atoms. The molecule has 0 heterocycles. The quantitative estimate of drug-likeness (QED) is 0.635. The summed E-state index contributed by atoms with van der Waals surface area (Å²) in [5.74, 6) is 0. The van der Waals surface area contributed by atoms with Gasteiger partial charge in [-0.15, -0.1) is 0 Å². The average molecular weight is 291 g/mol. The molecule has 0 aliphatic carbocycles. The van der Waals surface area contributed by atoms with Gasteiger partial charge in [-0.25, -0.2) is 0 Å². The van der Waals surface area contributed by atoms with Crippen LogP contribution in [0.25, 0.3) is 0 Å². The van der Waals surface area contributed by atoms with Gasteiger partial charge in [-0.3, -0.25) is 0 Å². The first-order valence-electron chi connectivity index (χ1n) is 5.33. The van der Waals surface area contributed by atoms with Gasteiger partial charge in [0.25, 0.3) is 0 Å². The van der Waals surface area contributed by atoms with Crippen LogP contribution in [0, 0.1) is 5.41 Å². The molecule has 0 aromatic heterocycles. The Morgan fingerprint density at radius 1 is 1.07 bits per heavy atom. The van der Waals surface area contributed by atoms with Crippen LogP contribution in [0.1, 0.15) is 27.2 Å². The van der Waals surface area contributed by atoms with Gasteiger partial charge in [0.15, 0.2) is 0 Å². The maximum atomic E-state index is 5.70. The molecule has 0 N–H and O–H groups in total. The van der Waals surface area contributed by atoms with E-state index >= 15 is 0 Å². The zero-order valence-corrected chi connectivity index (χ0v) is 12.7. The van der Waals surface area contributed by atoms with E-state index in [1.54, 1.807) is 12.2 Å². The van der Waals surface area contributed by atoms with Gasteiger partial charge >= 0.3 is 104 Å². The summed E-state index contributed by atoms with van der Waals surface area (Å²) >= 11 is -2.08. The fourth-order valence-corrected chi connectivity index (χ4v) is 5.72. The summed E-state index contributed by atoms with van der Waals surface area (Å²) in [6.45, 7) is 15.3. The third-order valence-electron chi connectivity index (χ3n) is 1.80. The number of rotatable bonds is 8. The Morgan fingerprint density at radius 3 is 1.87 bits per heavy atom. The van der Waals surface area contributed by atoms with Crippen molar-refractivity contribution in [3.8, 4) is 0 Å². The van der Waals surface area contributed by atoms with Crippen molar-refractivity contribution in [2.45, 2.75) is 31.3 Å². The zero-order chi connectivity index (χ0) is 11.7. The molecule has 2 nitrogen and oxygen atoms in total. The van der Waals surface area contributed by atoms with Crippen molar-refractivity contribution in [2.24, 2.45) is 5.41 Å². The van der Waals surface area contributed by atoms with Crippen molar-refractivity contribution in [1.82, 2.24) is 0 Å². The molecular weight excluding hydrogens is 267 g/mol. The van der Waals surface area contributed by atoms with Gasteiger partial charge in [-0.2, -0.15) is 0 Å². The molecule has 0 aliphatic rings. The predicted molar refractivity (Wildman–Crippen MR) is 61.2 cm³/mol. The van der Waals surface area contributed by atoms with E-state index in [0.29, 0.717) is 18.6 Å². The van der Waals surface area contributed by atoms with E-state index in [2.05, 4.69) is 33.9 Å². The van der Waals surface area contributed by atoms with Crippen molar-refractivity contribution in [2.75, 3.05) is 13.2 Å². The summed E-state index contributed by atoms with van der Waals surface area (Å²) in [6.07, 6.45) is 4.74. The summed E-state index contributed by atoms with van der Waals surface area (Å²) in [6, 6.07) is 0. The molecule has 0 aromatic rings. The van der Waals surface area contributed by atoms with Gasteiger partial charge in [0.2, 0.25) is 0 Å². The Labute approximate surface area is 103 Å². The van der Waals surface area contributed by atoms with E-state index in [9.17, 15) is 0 Å². The van der Waals surface area contributed by atoms with Gasteiger partial charge in [0.1, 0.15) is 0 Å². The van der Waals surface area contributed by atoms with E-state index in [0.717, 1.165) is 10.5 Å². The minimum atomic E-state index is -2.08. The van der Waals surface area contributed by atoms with Crippen molar-refractivity contribution in [3.63, 3.8) is 0 Å². The van der Waals surface area contributed by atoms with Crippen molar-refractivity contribution in [3.05, 3.63) is 25.3 Å². The van der Waals surface area contributed by atoms with Crippen LogP contribution in [0.2, 0.25) is 4.13 Å². The molecule has 87 valence electrons. The summed E-state index contributed by atoms with van der Waals surface area (Å²) in [7, 11) is 0. The molecule has 0 saturated carbocycles. The fraction of sp³-hybridized carbons (Fsp3) is 0.667. The van der Waals surface area contributed by atoms with Crippen LogP contribution in [0.4, 0.5) is 0 Å². The molecule has 0 radical (unpaired) electrons. The van der Waals surface area contributed by atoms with Crippen LogP contribution < -0.4 is 0 Å². The summed E-state index contributed by atoms with van der Waals surface area (Å²) in [5.41, 5.74) is 0.362. The Hall–Kier alpha value is 0.283. The van der Waals surface area contributed by atoms with E-state index in [-0.39, 0.29) is 0 Å². The topological polar surface area (TPSA) is 18.5 Å². The zero-order valence-electron chi connectivity index (χ0n) is 10.2. The van der Waals surface area contributed by atoms with Gasteiger partial charge in [-0.1, -0.05) is 0 Å². The molecule has 0 atom stereocenters. The normalized spacial score (nSPS) is 11.1. The van der Waals surface area contributed by atoms with Crippen LogP contribution in [-0.4, -0.2) is 13.2 Å². The predicted octanol–water partition coefficient (Wildman–Crippen LogP) is 3.69. The van der Waals surface area contributed by atoms with Gasteiger partial charge in [0.05, 0.1) is 0 Å². The third-order valence-corrected chi connectivity index (χ3v) is 5.82. The van der Waals surface area contributed by atoms with Crippen molar-refractivity contribution < 1.29 is 28.3 Å². The summed E-state index contributed by atoms with van der Waals surface area (Å²) in [4.78, 5) is 0. The Kier molecular flexibility index (Phi) is 8.60. The van der Waals surface area contributed by atoms with Crippen LogP contribution in [-0.2, 0) is 28.3 Å². The van der Waals surface area contributed by atoms with Crippen molar-refractivity contribution in [1.29, 1.82) is 0 Å². The Balaban J connectivity index is 3.88. The van der Waals surface area contributed by atoms with Gasteiger partial charge < -0.3 is 0 Å². The first kappa shape index (κ1) is 15.3. The second-order valence-electron chi connectivity index (χ2n) is 4.63. The first-order valence-corrected chi connectivity index (χ1v) is 9.07. The second-order valence-corrected chi connectivity index (χ2v) is 9.11. The van der Waals surface area contributed by atoms with E-state index in [1.807, 2.05) is 0 Å². The molecule has 0 fully saturated rings. The van der Waals surface area contributed by atoms with Crippen LogP contribution in [0.5, 0.6) is 0 Å². The van der Waals surface area contributed by atoms with E-state index < -0.39 is 22.6 Å². The molecule has 0 unspecified atom stereocenters. The molecule has 15 heavy (non-hydrogen) atoms. The van der Waals surface area contributed by atoms with Crippen LogP contribution in [0.3, 0.4) is 0 Å². The molecule has 3 heteroatoms. The SMILES string of the molecule is C=CC[O][Zr]([CH2]CC(C)(C)C)[O]CC=C. The summed E-state index contributed by atoms with van der Waals surface area (Å²) in [5, 5.41) is 0. The molecule has 0 rings (SSSR count). The van der Waals surface area contributed by atoms with Gasteiger partial charge in [-0.05, 0) is 0 Å². The second kappa shape index (κ2) is 8.44. The fourth-order valence-electron chi connectivity index (χ4n) is 0.967. The Bertz CT molecular complexity index is 173. The molecule has 0 amide bonds. The van der Waals surface area contributed by atoms with Gasteiger partial charge in [0, 0.05) is 0 Å². The third kappa shape index (κ3) is 10.6. The Morgan fingerprint density at radius 2 is 1.53 bits per heavy atom. The standard InChI is InChI=1S/C6H13.2C3H5O.Zr/c1-5-6(2,3)4;2*1-2-3-4;/h1,5H2,2-4H3;2*2H,1,3H2;/q;2*-1;+2. The molecular formula is C12H23O2Zr. The molecule has 0 aliphatic heterocycles. The van der Waals surface area contributed by atoms with E-state index in [1.165, 1.54) is 0 Å². The monoisotopic (exact) mass is 289 g/mol. The van der Waals surface area contributed by atoms with Crippen molar-refractivity contribution >= 4 is 0 Å². The van der Waals surface area contributed by atoms with E-state index in [4.69, 9.17) is 5.63 Å². The maximum absolute atomic E-state index is 5.70. The summed E-state index contributed by atoms with van der Waals surface area (Å²) < 4.78 is 12.5. The average Bonchev–Trinajstić information content (AvgIpc) is 2.15.